The van der Waals surface area contributed by atoms with Gasteiger partial charge in [-0.15, -0.1) is 0 Å². The maximum Gasteiger partial charge on any atom is 0.359 e. The lowest BCUT2D eigenvalue weighted by molar-refractivity contribution is -0.883. The molecule has 0 aliphatic rings. The molecular formula is C19H37N2O3+. The molecule has 2 N–H and O–H groups in total. The molecule has 140 valence electrons. The minimum atomic E-state index is -0.792. The normalized spacial score (nSPS) is 11.8. The number of likely N-dealkylation sites (N-methyl/N-ethyl adjacent to an activating group) is 1. The van der Waals surface area contributed by atoms with Crippen LogP contribution in [0.1, 0.15) is 64.7 Å². The van der Waals surface area contributed by atoms with E-state index >= 15 is 0 Å². The lowest BCUT2D eigenvalue weighted by Gasteiger charge is -2.27. The summed E-state index contributed by atoms with van der Waals surface area (Å²) in [6, 6.07) is 0. The van der Waals surface area contributed by atoms with E-state index in [2.05, 4.69) is 18.3 Å². The van der Waals surface area contributed by atoms with Gasteiger partial charge in [0.25, 0.3) is 0 Å². The third-order valence-electron chi connectivity index (χ3n) is 4.02. The maximum absolute atomic E-state index is 11.7. The van der Waals surface area contributed by atoms with E-state index in [0.717, 1.165) is 19.4 Å². The van der Waals surface area contributed by atoms with Gasteiger partial charge in [0.15, 0.2) is 6.54 Å². The van der Waals surface area contributed by atoms with Gasteiger partial charge in [-0.25, -0.2) is 4.79 Å². The zero-order valence-corrected chi connectivity index (χ0v) is 15.9. The maximum atomic E-state index is 11.7. The van der Waals surface area contributed by atoms with Gasteiger partial charge in [-0.05, 0) is 12.8 Å². The second-order valence-corrected chi connectivity index (χ2v) is 7.15. The molecule has 0 aromatic heterocycles. The first-order valence-corrected chi connectivity index (χ1v) is 9.33. The fourth-order valence-electron chi connectivity index (χ4n) is 2.60. The van der Waals surface area contributed by atoms with Crippen molar-refractivity contribution in [1.29, 1.82) is 0 Å². The number of carbonyl (C=O) groups excluding carboxylic acids is 1. The highest BCUT2D eigenvalue weighted by Crippen LogP contribution is 2.07. The van der Waals surface area contributed by atoms with Gasteiger partial charge in [-0.2, -0.15) is 0 Å². The molecule has 5 nitrogen and oxygen atoms in total. The number of carbonyl (C=O) groups is 2. The summed E-state index contributed by atoms with van der Waals surface area (Å²) in [5, 5.41) is 11.7. The van der Waals surface area contributed by atoms with E-state index < -0.39 is 5.97 Å². The number of carboxylic acid groups (broad SMARTS) is 1. The zero-order valence-electron chi connectivity index (χ0n) is 15.9. The number of hydrogen-bond acceptors (Lipinski definition) is 2. The Morgan fingerprint density at radius 2 is 1.67 bits per heavy atom. The lowest BCUT2D eigenvalue weighted by atomic mass is 10.1. The molecule has 1 amide bonds. The summed E-state index contributed by atoms with van der Waals surface area (Å²) in [5.41, 5.74) is 0. The van der Waals surface area contributed by atoms with Gasteiger partial charge in [0.2, 0.25) is 5.91 Å². The van der Waals surface area contributed by atoms with Gasteiger partial charge < -0.3 is 14.9 Å². The van der Waals surface area contributed by atoms with Crippen LogP contribution >= 0.6 is 0 Å². The number of quaternary nitrogens is 1. The van der Waals surface area contributed by atoms with Crippen LogP contribution in [-0.2, 0) is 9.59 Å². The third-order valence-corrected chi connectivity index (χ3v) is 4.02. The van der Waals surface area contributed by atoms with E-state index in [1.165, 1.54) is 38.5 Å². The monoisotopic (exact) mass is 341 g/mol. The molecule has 0 aliphatic heterocycles. The van der Waals surface area contributed by atoms with E-state index in [1.54, 1.807) is 0 Å². The van der Waals surface area contributed by atoms with Crippen molar-refractivity contribution in [3.63, 3.8) is 0 Å². The largest absolute Gasteiger partial charge is 0.477 e. The molecular weight excluding hydrogens is 304 g/mol. The predicted octanol–water partition coefficient (Wildman–Crippen LogP) is 3.35. The number of unbranched alkanes of at least 4 members (excludes halogenated alkanes) is 6. The van der Waals surface area contributed by atoms with Crippen molar-refractivity contribution in [1.82, 2.24) is 5.32 Å². The Balaban J connectivity index is 3.56. The Morgan fingerprint density at radius 1 is 1.00 bits per heavy atom. The average Bonchev–Trinajstić information content (AvgIpc) is 2.48. The number of carboxylic acids is 1. The van der Waals surface area contributed by atoms with E-state index in [0.29, 0.717) is 17.4 Å². The van der Waals surface area contributed by atoms with E-state index in [1.807, 2.05) is 20.2 Å². The smallest absolute Gasteiger partial charge is 0.359 e. The van der Waals surface area contributed by atoms with Gasteiger partial charge in [0, 0.05) is 19.4 Å². The molecule has 0 atom stereocenters. The SMILES string of the molecule is CCCCCCCC/C=C\CC(=O)NCCC[N+](C)(C)CC(=O)O. The molecule has 0 radical (unpaired) electrons. The molecule has 0 saturated heterocycles. The van der Waals surface area contributed by atoms with E-state index in [9.17, 15) is 9.59 Å². The standard InChI is InChI=1S/C19H36N2O3/c1-4-5-6-7-8-9-10-11-12-14-18(22)20-15-13-16-21(2,3)17-19(23)24/h11-12H,4-10,13-17H2,1-3H3,(H-,20,22,23,24)/p+1/b12-11-. The van der Waals surface area contributed by atoms with Crippen LogP contribution in [0.5, 0.6) is 0 Å². The fraction of sp³-hybridized carbons (Fsp3) is 0.789. The number of rotatable bonds is 15. The number of aliphatic carboxylic acids is 1. The minimum Gasteiger partial charge on any atom is -0.477 e. The fourth-order valence-corrected chi connectivity index (χ4v) is 2.60. The Bertz CT molecular complexity index is 379. The molecule has 0 heterocycles. The summed E-state index contributed by atoms with van der Waals surface area (Å²) in [7, 11) is 3.78. The highest BCUT2D eigenvalue weighted by Gasteiger charge is 2.18. The Hall–Kier alpha value is -1.36. The van der Waals surface area contributed by atoms with Crippen LogP contribution in [0.25, 0.3) is 0 Å². The molecule has 0 rings (SSSR count). The molecule has 0 unspecified atom stereocenters. The Labute approximate surface area is 147 Å². The Kier molecular flexibility index (Phi) is 13.2. The molecule has 0 aromatic carbocycles. The highest BCUT2D eigenvalue weighted by molar-refractivity contribution is 5.77. The summed E-state index contributed by atoms with van der Waals surface area (Å²) in [4.78, 5) is 22.4. The highest BCUT2D eigenvalue weighted by atomic mass is 16.4. The molecule has 0 fully saturated rings. The van der Waals surface area contributed by atoms with Gasteiger partial charge >= 0.3 is 5.97 Å². The van der Waals surface area contributed by atoms with Crippen LogP contribution in [0, 0.1) is 0 Å². The first kappa shape index (κ1) is 22.6. The van der Waals surface area contributed by atoms with Gasteiger partial charge in [0.1, 0.15) is 0 Å². The van der Waals surface area contributed by atoms with Gasteiger partial charge in [0.05, 0.1) is 20.6 Å². The quantitative estimate of drug-likeness (QED) is 0.273. The van der Waals surface area contributed by atoms with Crippen molar-refractivity contribution in [3.8, 4) is 0 Å². The predicted molar refractivity (Wildman–Crippen MR) is 98.9 cm³/mol. The van der Waals surface area contributed by atoms with Crippen molar-refractivity contribution in [3.05, 3.63) is 12.2 Å². The number of allylic oxidation sites excluding steroid dienone is 1. The zero-order chi connectivity index (χ0) is 18.3. The van der Waals surface area contributed by atoms with Crippen molar-refractivity contribution in [2.45, 2.75) is 64.7 Å². The van der Waals surface area contributed by atoms with Crippen LogP contribution < -0.4 is 5.32 Å². The molecule has 5 heteroatoms. The van der Waals surface area contributed by atoms with Crippen molar-refractivity contribution in [2.75, 3.05) is 33.7 Å². The van der Waals surface area contributed by atoms with Crippen molar-refractivity contribution in [2.24, 2.45) is 0 Å². The molecule has 0 aromatic rings. The van der Waals surface area contributed by atoms with Gasteiger partial charge in [-0.1, -0.05) is 51.2 Å². The van der Waals surface area contributed by atoms with Crippen molar-refractivity contribution >= 4 is 11.9 Å². The number of nitrogens with zero attached hydrogens (tertiary/aromatic N) is 1. The molecule has 24 heavy (non-hydrogen) atoms. The van der Waals surface area contributed by atoms with Gasteiger partial charge in [-0.3, -0.25) is 4.79 Å². The second-order valence-electron chi connectivity index (χ2n) is 7.15. The average molecular weight is 342 g/mol. The van der Waals surface area contributed by atoms with E-state index in [4.69, 9.17) is 5.11 Å². The topological polar surface area (TPSA) is 66.4 Å². The minimum absolute atomic E-state index is 0.0396. The number of nitrogens with one attached hydrogen (secondary N) is 1. The van der Waals surface area contributed by atoms with Crippen molar-refractivity contribution < 1.29 is 19.2 Å². The summed E-state index contributed by atoms with van der Waals surface area (Å²) in [5.74, 6) is -0.753. The van der Waals surface area contributed by atoms with Crippen LogP contribution in [0.4, 0.5) is 0 Å². The first-order chi connectivity index (χ1) is 11.4. The summed E-state index contributed by atoms with van der Waals surface area (Å²) in [6.07, 6.45) is 14.1. The second kappa shape index (κ2) is 14.0. The molecule has 0 aliphatic carbocycles. The van der Waals surface area contributed by atoms with Crippen LogP contribution in [0.3, 0.4) is 0 Å². The van der Waals surface area contributed by atoms with Crippen LogP contribution in [0.2, 0.25) is 0 Å². The lowest BCUT2D eigenvalue weighted by Crippen LogP contribution is -2.45. The Morgan fingerprint density at radius 3 is 2.33 bits per heavy atom. The van der Waals surface area contributed by atoms with Crippen LogP contribution in [0.15, 0.2) is 12.2 Å². The summed E-state index contributed by atoms with van der Waals surface area (Å²) in [6.45, 7) is 3.67. The third kappa shape index (κ3) is 15.5. The van der Waals surface area contributed by atoms with E-state index in [-0.39, 0.29) is 12.5 Å². The number of amides is 1. The van der Waals surface area contributed by atoms with Crippen LogP contribution in [-0.4, -0.2) is 55.2 Å². The molecule has 0 spiro atoms. The number of hydrogen-bond donors (Lipinski definition) is 2. The summed E-state index contributed by atoms with van der Waals surface area (Å²) < 4.78 is 0.434. The summed E-state index contributed by atoms with van der Waals surface area (Å²) >= 11 is 0. The molecule has 0 saturated carbocycles. The first-order valence-electron chi connectivity index (χ1n) is 9.33. The molecule has 0 bridgehead atoms.